The Kier molecular flexibility index (Phi) is 5.68. The van der Waals surface area contributed by atoms with E-state index in [2.05, 4.69) is 11.8 Å². The number of piperidine rings is 1. The van der Waals surface area contributed by atoms with Gasteiger partial charge in [-0.15, -0.1) is 0 Å². The second-order valence-electron chi connectivity index (χ2n) is 5.43. The van der Waals surface area contributed by atoms with Crippen molar-refractivity contribution in [3.8, 4) is 11.5 Å². The minimum absolute atomic E-state index is 0.512. The number of benzene rings is 1. The van der Waals surface area contributed by atoms with Crippen LogP contribution < -0.4 is 15.2 Å². The van der Waals surface area contributed by atoms with Crippen molar-refractivity contribution in [3.63, 3.8) is 0 Å². The van der Waals surface area contributed by atoms with Crippen LogP contribution in [0.15, 0.2) is 24.3 Å². The Morgan fingerprint density at radius 3 is 2.55 bits per heavy atom. The molecule has 4 nitrogen and oxygen atoms in total. The molecule has 1 heterocycles. The van der Waals surface area contributed by atoms with Crippen LogP contribution in [-0.2, 0) is 0 Å². The lowest BCUT2D eigenvalue weighted by Crippen LogP contribution is -2.50. The van der Waals surface area contributed by atoms with Crippen LogP contribution in [0.1, 0.15) is 26.2 Å². The maximum Gasteiger partial charge on any atom is 0.119 e. The van der Waals surface area contributed by atoms with Crippen molar-refractivity contribution in [1.82, 2.24) is 4.90 Å². The van der Waals surface area contributed by atoms with Crippen LogP contribution in [0, 0.1) is 0 Å². The summed E-state index contributed by atoms with van der Waals surface area (Å²) in [4.78, 5) is 2.49. The molecule has 112 valence electrons. The summed E-state index contributed by atoms with van der Waals surface area (Å²) in [6.45, 7) is 4.67. The Labute approximate surface area is 121 Å². The van der Waals surface area contributed by atoms with Crippen LogP contribution in [-0.4, -0.2) is 43.8 Å². The molecule has 1 saturated heterocycles. The molecule has 0 bridgehead atoms. The lowest BCUT2D eigenvalue weighted by atomic mass is 9.96. The largest absolute Gasteiger partial charge is 0.497 e. The summed E-state index contributed by atoms with van der Waals surface area (Å²) >= 11 is 0. The molecule has 1 aliphatic heterocycles. The number of methoxy groups -OCH3 is 1. The van der Waals surface area contributed by atoms with E-state index in [0.717, 1.165) is 24.6 Å². The van der Waals surface area contributed by atoms with Gasteiger partial charge in [0.05, 0.1) is 7.11 Å². The fourth-order valence-corrected chi connectivity index (χ4v) is 2.94. The lowest BCUT2D eigenvalue weighted by molar-refractivity contribution is 0.0799. The van der Waals surface area contributed by atoms with Gasteiger partial charge in [-0.2, -0.15) is 0 Å². The number of nitrogens with two attached hydrogens (primary N) is 1. The van der Waals surface area contributed by atoms with E-state index >= 15 is 0 Å². The Balaban J connectivity index is 1.81. The van der Waals surface area contributed by atoms with Crippen molar-refractivity contribution >= 4 is 0 Å². The van der Waals surface area contributed by atoms with Gasteiger partial charge in [-0.05, 0) is 44.0 Å². The van der Waals surface area contributed by atoms with E-state index in [1.165, 1.54) is 19.3 Å². The zero-order valence-corrected chi connectivity index (χ0v) is 12.5. The summed E-state index contributed by atoms with van der Waals surface area (Å²) in [5, 5.41) is 0. The first-order chi connectivity index (χ1) is 9.74. The summed E-state index contributed by atoms with van der Waals surface area (Å²) in [5.41, 5.74) is 5.87. The summed E-state index contributed by atoms with van der Waals surface area (Å²) < 4.78 is 10.9. The van der Waals surface area contributed by atoms with Gasteiger partial charge in [0.1, 0.15) is 18.1 Å². The first kappa shape index (κ1) is 15.1. The number of likely N-dealkylation sites (tertiary alicyclic amines) is 1. The smallest absolute Gasteiger partial charge is 0.119 e. The van der Waals surface area contributed by atoms with Gasteiger partial charge in [0.2, 0.25) is 0 Å². The highest BCUT2D eigenvalue weighted by molar-refractivity contribution is 5.31. The van der Waals surface area contributed by atoms with E-state index in [9.17, 15) is 0 Å². The SMILES string of the molecule is COc1ccc(OCCN2C(C)CCCC2CN)cc1. The number of rotatable bonds is 6. The zero-order valence-electron chi connectivity index (χ0n) is 12.5. The monoisotopic (exact) mass is 278 g/mol. The van der Waals surface area contributed by atoms with Crippen molar-refractivity contribution in [2.75, 3.05) is 26.8 Å². The molecule has 0 saturated carbocycles. The van der Waals surface area contributed by atoms with Gasteiger partial charge >= 0.3 is 0 Å². The van der Waals surface area contributed by atoms with E-state index in [1.54, 1.807) is 7.11 Å². The molecular formula is C16H26N2O2. The third-order valence-electron chi connectivity index (χ3n) is 4.14. The van der Waals surface area contributed by atoms with Crippen molar-refractivity contribution in [3.05, 3.63) is 24.3 Å². The fraction of sp³-hybridized carbons (Fsp3) is 0.625. The molecule has 1 aliphatic rings. The van der Waals surface area contributed by atoms with Crippen molar-refractivity contribution in [2.24, 2.45) is 5.73 Å². The quantitative estimate of drug-likeness (QED) is 0.867. The van der Waals surface area contributed by atoms with Crippen molar-refractivity contribution < 1.29 is 9.47 Å². The predicted octanol–water partition coefficient (Wildman–Crippen LogP) is 2.28. The lowest BCUT2D eigenvalue weighted by Gasteiger charge is -2.40. The van der Waals surface area contributed by atoms with Crippen molar-refractivity contribution in [1.29, 1.82) is 0 Å². The van der Waals surface area contributed by atoms with Crippen LogP contribution in [0.2, 0.25) is 0 Å². The molecule has 0 radical (unpaired) electrons. The number of hydrogen-bond donors (Lipinski definition) is 1. The van der Waals surface area contributed by atoms with Gasteiger partial charge in [0, 0.05) is 25.2 Å². The molecule has 0 amide bonds. The third-order valence-corrected chi connectivity index (χ3v) is 4.14. The van der Waals surface area contributed by atoms with Crippen LogP contribution >= 0.6 is 0 Å². The van der Waals surface area contributed by atoms with E-state index < -0.39 is 0 Å². The third kappa shape index (κ3) is 3.87. The molecule has 2 rings (SSSR count). The minimum atomic E-state index is 0.512. The Hall–Kier alpha value is -1.26. The second kappa shape index (κ2) is 7.50. The van der Waals surface area contributed by atoms with Gasteiger partial charge in [0.15, 0.2) is 0 Å². The number of nitrogens with zero attached hydrogens (tertiary/aromatic N) is 1. The molecule has 4 heteroatoms. The topological polar surface area (TPSA) is 47.7 Å². The van der Waals surface area contributed by atoms with Crippen LogP contribution in [0.5, 0.6) is 11.5 Å². The Bertz CT molecular complexity index is 394. The molecule has 0 spiro atoms. The Morgan fingerprint density at radius 1 is 1.20 bits per heavy atom. The zero-order chi connectivity index (χ0) is 14.4. The minimum Gasteiger partial charge on any atom is -0.497 e. The van der Waals surface area contributed by atoms with E-state index in [0.29, 0.717) is 18.7 Å². The van der Waals surface area contributed by atoms with Crippen LogP contribution in [0.25, 0.3) is 0 Å². The number of ether oxygens (including phenoxy) is 2. The molecule has 1 aromatic carbocycles. The maximum atomic E-state index is 5.87. The maximum absolute atomic E-state index is 5.87. The highest BCUT2D eigenvalue weighted by atomic mass is 16.5. The van der Waals surface area contributed by atoms with Crippen LogP contribution in [0.3, 0.4) is 0 Å². The highest BCUT2D eigenvalue weighted by Gasteiger charge is 2.26. The van der Waals surface area contributed by atoms with E-state index in [4.69, 9.17) is 15.2 Å². The first-order valence-corrected chi connectivity index (χ1v) is 7.47. The predicted molar refractivity (Wildman–Crippen MR) is 81.4 cm³/mol. The molecule has 2 N–H and O–H groups in total. The normalized spacial score (nSPS) is 23.6. The van der Waals surface area contributed by atoms with E-state index in [1.807, 2.05) is 24.3 Å². The first-order valence-electron chi connectivity index (χ1n) is 7.47. The summed E-state index contributed by atoms with van der Waals surface area (Å²) in [6.07, 6.45) is 3.77. The van der Waals surface area contributed by atoms with Gasteiger partial charge in [-0.25, -0.2) is 0 Å². The molecular weight excluding hydrogens is 252 g/mol. The molecule has 20 heavy (non-hydrogen) atoms. The molecule has 1 aromatic rings. The summed E-state index contributed by atoms with van der Waals surface area (Å²) in [7, 11) is 1.67. The molecule has 0 aliphatic carbocycles. The van der Waals surface area contributed by atoms with Gasteiger partial charge in [-0.3, -0.25) is 4.90 Å². The molecule has 0 aromatic heterocycles. The Morgan fingerprint density at radius 2 is 1.90 bits per heavy atom. The highest BCUT2D eigenvalue weighted by Crippen LogP contribution is 2.22. The van der Waals surface area contributed by atoms with Gasteiger partial charge in [0.25, 0.3) is 0 Å². The summed E-state index contributed by atoms with van der Waals surface area (Å²) in [6, 6.07) is 8.84. The van der Waals surface area contributed by atoms with Crippen LogP contribution in [0.4, 0.5) is 0 Å². The van der Waals surface area contributed by atoms with Gasteiger partial charge < -0.3 is 15.2 Å². The average molecular weight is 278 g/mol. The second-order valence-corrected chi connectivity index (χ2v) is 5.43. The molecule has 2 atom stereocenters. The average Bonchev–Trinajstić information content (AvgIpc) is 2.49. The van der Waals surface area contributed by atoms with E-state index in [-0.39, 0.29) is 0 Å². The fourth-order valence-electron chi connectivity index (χ4n) is 2.94. The molecule has 2 unspecified atom stereocenters. The molecule has 1 fully saturated rings. The van der Waals surface area contributed by atoms with Crippen molar-refractivity contribution in [2.45, 2.75) is 38.3 Å². The number of hydrogen-bond acceptors (Lipinski definition) is 4. The standard InChI is InChI=1S/C16H26N2O2/c1-13-4-3-5-14(12-17)18(13)10-11-20-16-8-6-15(19-2)7-9-16/h6-9,13-14H,3-5,10-12,17H2,1-2H3. The summed E-state index contributed by atoms with van der Waals surface area (Å²) in [5.74, 6) is 1.74. The van der Waals surface area contributed by atoms with Gasteiger partial charge in [-0.1, -0.05) is 6.42 Å².